The fourth-order valence-corrected chi connectivity index (χ4v) is 1.70. The first-order valence-electron chi connectivity index (χ1n) is 6.44. The fraction of sp³-hybridized carbons (Fsp3) is 0.538. The Morgan fingerprint density at radius 2 is 2.25 bits per heavy atom. The summed E-state index contributed by atoms with van der Waals surface area (Å²) in [6, 6.07) is 0. The van der Waals surface area contributed by atoms with Crippen molar-refractivity contribution >= 4 is 5.97 Å². The molecule has 2 aromatic rings. The summed E-state index contributed by atoms with van der Waals surface area (Å²) in [7, 11) is 1.77. The van der Waals surface area contributed by atoms with Gasteiger partial charge in [0.15, 0.2) is 12.4 Å². The summed E-state index contributed by atoms with van der Waals surface area (Å²) >= 11 is 0. The Balaban J connectivity index is 1.93. The number of nitrogens with zero attached hydrogens (tertiary/aromatic N) is 4. The minimum absolute atomic E-state index is 0.0295. The van der Waals surface area contributed by atoms with Crippen molar-refractivity contribution in [3.05, 3.63) is 29.2 Å². The van der Waals surface area contributed by atoms with E-state index < -0.39 is 5.97 Å². The monoisotopic (exact) mass is 278 g/mol. The van der Waals surface area contributed by atoms with Crippen molar-refractivity contribution in [3.8, 4) is 0 Å². The van der Waals surface area contributed by atoms with E-state index in [0.29, 0.717) is 23.2 Å². The van der Waals surface area contributed by atoms with Crippen LogP contribution in [-0.2, 0) is 24.8 Å². The summed E-state index contributed by atoms with van der Waals surface area (Å²) in [6.45, 7) is 5.91. The van der Waals surface area contributed by atoms with Crippen LogP contribution >= 0.6 is 0 Å². The number of aromatic nitrogens is 4. The molecule has 0 aliphatic carbocycles. The Labute approximate surface area is 116 Å². The minimum atomic E-state index is -0.445. The first-order chi connectivity index (χ1) is 9.47. The highest BCUT2D eigenvalue weighted by Crippen LogP contribution is 2.10. The van der Waals surface area contributed by atoms with E-state index in [2.05, 4.69) is 29.1 Å². The molecule has 0 fully saturated rings. The van der Waals surface area contributed by atoms with Crippen molar-refractivity contribution in [1.29, 1.82) is 0 Å². The summed E-state index contributed by atoms with van der Waals surface area (Å²) in [5.74, 6) is 0.930. The van der Waals surface area contributed by atoms with Gasteiger partial charge in [-0.2, -0.15) is 10.1 Å². The molecule has 0 aliphatic rings. The maximum Gasteiger partial charge on any atom is 0.342 e. The van der Waals surface area contributed by atoms with Gasteiger partial charge in [-0.15, -0.1) is 0 Å². The predicted octanol–water partition coefficient (Wildman–Crippen LogP) is 1.67. The molecule has 0 saturated carbocycles. The van der Waals surface area contributed by atoms with Crippen LogP contribution in [0.2, 0.25) is 0 Å². The molecule has 0 unspecified atom stereocenters. The van der Waals surface area contributed by atoms with Gasteiger partial charge in [0.05, 0.1) is 6.20 Å². The second-order valence-electron chi connectivity index (χ2n) is 5.05. The lowest BCUT2D eigenvalue weighted by molar-refractivity contribution is 0.0429. The molecule has 2 rings (SSSR count). The summed E-state index contributed by atoms with van der Waals surface area (Å²) in [4.78, 5) is 16.0. The molecule has 0 amide bonds. The summed E-state index contributed by atoms with van der Waals surface area (Å²) in [5.41, 5.74) is 1.19. The fourth-order valence-electron chi connectivity index (χ4n) is 1.70. The van der Waals surface area contributed by atoms with E-state index in [9.17, 15) is 4.79 Å². The maximum absolute atomic E-state index is 11.9. The van der Waals surface area contributed by atoms with Gasteiger partial charge in [0, 0.05) is 19.2 Å². The van der Waals surface area contributed by atoms with Gasteiger partial charge in [-0.25, -0.2) is 4.79 Å². The molecule has 2 heterocycles. The molecule has 0 aliphatic heterocycles. The minimum Gasteiger partial charge on any atom is -0.452 e. The number of carbonyl (C=O) groups excluding carboxylic acids is 1. The highest BCUT2D eigenvalue weighted by Gasteiger charge is 2.16. The first-order valence-corrected chi connectivity index (χ1v) is 6.44. The third-order valence-corrected chi connectivity index (χ3v) is 2.88. The third-order valence-electron chi connectivity index (χ3n) is 2.88. The lowest BCUT2D eigenvalue weighted by Crippen LogP contribution is -2.07. The van der Waals surface area contributed by atoms with Crippen LogP contribution in [0.15, 0.2) is 10.7 Å². The lowest BCUT2D eigenvalue weighted by Gasteiger charge is -2.01. The average Bonchev–Trinajstić information content (AvgIpc) is 2.95. The summed E-state index contributed by atoms with van der Waals surface area (Å²) in [6.07, 6.45) is 2.22. The molecule has 2 aromatic heterocycles. The normalized spacial score (nSPS) is 11.1. The molecule has 0 atom stereocenters. The van der Waals surface area contributed by atoms with E-state index in [1.54, 1.807) is 18.7 Å². The van der Waals surface area contributed by atoms with E-state index in [0.717, 1.165) is 12.1 Å². The molecule has 108 valence electrons. The van der Waals surface area contributed by atoms with Crippen LogP contribution < -0.4 is 0 Å². The van der Waals surface area contributed by atoms with Crippen LogP contribution in [0.3, 0.4) is 0 Å². The predicted molar refractivity (Wildman–Crippen MR) is 69.9 cm³/mol. The molecule has 0 spiro atoms. The van der Waals surface area contributed by atoms with E-state index in [-0.39, 0.29) is 6.61 Å². The zero-order valence-electron chi connectivity index (χ0n) is 12.1. The number of rotatable bonds is 5. The number of hydrogen-bond donors (Lipinski definition) is 0. The Morgan fingerprint density at radius 1 is 1.50 bits per heavy atom. The van der Waals surface area contributed by atoms with Gasteiger partial charge in [-0.05, 0) is 12.8 Å². The zero-order valence-corrected chi connectivity index (χ0v) is 12.1. The third kappa shape index (κ3) is 3.23. The smallest absolute Gasteiger partial charge is 0.342 e. The van der Waals surface area contributed by atoms with Crippen molar-refractivity contribution in [1.82, 2.24) is 19.9 Å². The van der Waals surface area contributed by atoms with Crippen molar-refractivity contribution in [2.24, 2.45) is 13.0 Å². The average molecular weight is 278 g/mol. The van der Waals surface area contributed by atoms with Crippen molar-refractivity contribution in [3.63, 3.8) is 0 Å². The molecule has 0 aromatic carbocycles. The van der Waals surface area contributed by atoms with Gasteiger partial charge >= 0.3 is 5.97 Å². The molecular weight excluding hydrogens is 260 g/mol. The first kappa shape index (κ1) is 14.2. The quantitative estimate of drug-likeness (QED) is 0.774. The molecular formula is C13H18N4O3. The molecule has 0 N–H and O–H groups in total. The Hall–Kier alpha value is -2.18. The molecule has 0 saturated heterocycles. The Morgan fingerprint density at radius 3 is 2.85 bits per heavy atom. The molecule has 0 bridgehead atoms. The van der Waals surface area contributed by atoms with Gasteiger partial charge in [-0.3, -0.25) is 4.68 Å². The summed E-state index contributed by atoms with van der Waals surface area (Å²) < 4.78 is 11.8. The van der Waals surface area contributed by atoms with Gasteiger partial charge in [0.1, 0.15) is 5.56 Å². The Bertz CT molecular complexity index is 601. The molecule has 7 heteroatoms. The number of hydrogen-bond acceptors (Lipinski definition) is 6. The van der Waals surface area contributed by atoms with Crippen molar-refractivity contribution in [2.75, 3.05) is 0 Å². The van der Waals surface area contributed by atoms with E-state index in [1.165, 1.54) is 6.20 Å². The number of ether oxygens (including phenoxy) is 1. The summed E-state index contributed by atoms with van der Waals surface area (Å²) in [5, 5.41) is 7.83. The van der Waals surface area contributed by atoms with Crippen LogP contribution in [0.5, 0.6) is 0 Å². The van der Waals surface area contributed by atoms with E-state index in [4.69, 9.17) is 9.26 Å². The largest absolute Gasteiger partial charge is 0.452 e. The number of carbonyl (C=O) groups is 1. The van der Waals surface area contributed by atoms with Gasteiger partial charge in [0.2, 0.25) is 0 Å². The van der Waals surface area contributed by atoms with Crippen molar-refractivity contribution in [2.45, 2.75) is 33.8 Å². The van der Waals surface area contributed by atoms with Crippen LogP contribution in [0.1, 0.15) is 41.6 Å². The second-order valence-corrected chi connectivity index (χ2v) is 5.05. The van der Waals surface area contributed by atoms with E-state index in [1.807, 2.05) is 0 Å². The van der Waals surface area contributed by atoms with Crippen molar-refractivity contribution < 1.29 is 14.1 Å². The second kappa shape index (κ2) is 5.85. The van der Waals surface area contributed by atoms with E-state index >= 15 is 0 Å². The van der Waals surface area contributed by atoms with Crippen LogP contribution in [-0.4, -0.2) is 25.9 Å². The standard InChI is InChI=1S/C13H18N4O3/c1-8(2)5-11-15-12(20-16-11)7-19-13(18)10-6-14-17(4)9(10)3/h6,8H,5,7H2,1-4H3. The van der Waals surface area contributed by atoms with Crippen LogP contribution in [0.4, 0.5) is 0 Å². The maximum atomic E-state index is 11.9. The highest BCUT2D eigenvalue weighted by atomic mass is 16.6. The van der Waals surface area contributed by atoms with Crippen LogP contribution in [0, 0.1) is 12.8 Å². The molecule has 7 nitrogen and oxygen atoms in total. The van der Waals surface area contributed by atoms with Gasteiger partial charge in [-0.1, -0.05) is 19.0 Å². The highest BCUT2D eigenvalue weighted by molar-refractivity contribution is 5.90. The molecule has 20 heavy (non-hydrogen) atoms. The zero-order chi connectivity index (χ0) is 14.7. The number of esters is 1. The Kier molecular flexibility index (Phi) is 4.16. The van der Waals surface area contributed by atoms with Crippen LogP contribution in [0.25, 0.3) is 0 Å². The molecule has 0 radical (unpaired) electrons. The topological polar surface area (TPSA) is 83.0 Å². The lowest BCUT2D eigenvalue weighted by atomic mass is 10.1. The van der Waals surface area contributed by atoms with Gasteiger partial charge in [0.25, 0.3) is 5.89 Å². The van der Waals surface area contributed by atoms with Gasteiger partial charge < -0.3 is 9.26 Å². The SMILES string of the molecule is Cc1c(C(=O)OCc2nc(CC(C)C)no2)cnn1C. The number of aryl methyl sites for hydroxylation is 1.